The van der Waals surface area contributed by atoms with Gasteiger partial charge in [0, 0.05) is 11.5 Å². The van der Waals surface area contributed by atoms with Gasteiger partial charge in [0.15, 0.2) is 9.84 Å². The molecule has 2 aromatic carbocycles. The van der Waals surface area contributed by atoms with Gasteiger partial charge in [-0.05, 0) is 42.5 Å². The van der Waals surface area contributed by atoms with E-state index in [-0.39, 0.29) is 10.5 Å². The maximum atomic E-state index is 13.7. The van der Waals surface area contributed by atoms with E-state index >= 15 is 0 Å². The minimum atomic E-state index is -3.75. The number of nitriles is 1. The van der Waals surface area contributed by atoms with Crippen molar-refractivity contribution in [3.05, 3.63) is 65.2 Å². The van der Waals surface area contributed by atoms with Crippen LogP contribution in [0.1, 0.15) is 24.2 Å². The Hall–Kier alpha value is -2.30. The molecular formula is C17H15F2NO3S. The summed E-state index contributed by atoms with van der Waals surface area (Å²) in [5.74, 6) is -2.82. The molecule has 0 aliphatic heterocycles. The van der Waals surface area contributed by atoms with Crippen molar-refractivity contribution in [2.24, 2.45) is 5.92 Å². The number of rotatable bonds is 5. The van der Waals surface area contributed by atoms with Gasteiger partial charge in [-0.25, -0.2) is 17.2 Å². The second kappa shape index (κ2) is 7.07. The van der Waals surface area contributed by atoms with Crippen LogP contribution in [0.5, 0.6) is 0 Å². The Morgan fingerprint density at radius 1 is 1.17 bits per heavy atom. The van der Waals surface area contributed by atoms with Gasteiger partial charge >= 0.3 is 0 Å². The monoisotopic (exact) mass is 351 g/mol. The molecule has 2 unspecified atom stereocenters. The largest absolute Gasteiger partial charge is 0.388 e. The molecule has 0 aliphatic rings. The number of benzene rings is 2. The number of aliphatic hydroxyl groups is 1. The van der Waals surface area contributed by atoms with Gasteiger partial charge in [0.25, 0.3) is 0 Å². The first-order valence-corrected chi connectivity index (χ1v) is 8.76. The molecule has 0 saturated carbocycles. The molecule has 0 saturated heterocycles. The molecule has 0 spiro atoms. The maximum Gasteiger partial charge on any atom is 0.178 e. The molecule has 126 valence electrons. The summed E-state index contributed by atoms with van der Waals surface area (Å²) in [6.07, 6.45) is -1.46. The van der Waals surface area contributed by atoms with E-state index in [2.05, 4.69) is 0 Å². The highest BCUT2D eigenvalue weighted by atomic mass is 32.2. The molecule has 0 fully saturated rings. The third-order valence-electron chi connectivity index (χ3n) is 3.64. The Balaban J connectivity index is 2.22. The van der Waals surface area contributed by atoms with Gasteiger partial charge in [-0.3, -0.25) is 0 Å². The lowest BCUT2D eigenvalue weighted by molar-refractivity contribution is 0.123. The van der Waals surface area contributed by atoms with Gasteiger partial charge in [0.1, 0.15) is 11.6 Å². The fraction of sp³-hybridized carbons (Fsp3) is 0.235. The maximum absolute atomic E-state index is 13.7. The number of nitrogens with zero attached hydrogens (tertiary/aromatic N) is 1. The van der Waals surface area contributed by atoms with Crippen LogP contribution in [-0.2, 0) is 9.84 Å². The molecule has 0 bridgehead atoms. The lowest BCUT2D eigenvalue weighted by Crippen LogP contribution is -2.21. The van der Waals surface area contributed by atoms with Gasteiger partial charge in [0.2, 0.25) is 0 Å². The first-order chi connectivity index (χ1) is 11.2. The highest BCUT2D eigenvalue weighted by Gasteiger charge is 2.26. The van der Waals surface area contributed by atoms with E-state index in [1.165, 1.54) is 31.2 Å². The van der Waals surface area contributed by atoms with E-state index in [1.807, 2.05) is 6.07 Å². The molecule has 4 nitrogen and oxygen atoms in total. The SMILES string of the molecule is CC(CS(=O)(=O)c1ccc(C#N)cc1)C(O)c1cc(F)ccc1F. The number of aliphatic hydroxyl groups excluding tert-OH is 1. The summed E-state index contributed by atoms with van der Waals surface area (Å²) < 4.78 is 51.7. The van der Waals surface area contributed by atoms with Crippen LogP contribution in [0.3, 0.4) is 0 Å². The van der Waals surface area contributed by atoms with E-state index in [9.17, 15) is 22.3 Å². The topological polar surface area (TPSA) is 78.2 Å². The molecule has 7 heteroatoms. The van der Waals surface area contributed by atoms with E-state index in [4.69, 9.17) is 5.26 Å². The van der Waals surface area contributed by atoms with Gasteiger partial charge in [-0.15, -0.1) is 0 Å². The molecule has 24 heavy (non-hydrogen) atoms. The summed E-state index contributed by atoms with van der Waals surface area (Å²) >= 11 is 0. The van der Waals surface area contributed by atoms with Crippen molar-refractivity contribution in [2.45, 2.75) is 17.9 Å². The highest BCUT2D eigenvalue weighted by Crippen LogP contribution is 2.27. The lowest BCUT2D eigenvalue weighted by atomic mass is 9.98. The van der Waals surface area contributed by atoms with Gasteiger partial charge in [0.05, 0.1) is 28.4 Å². The highest BCUT2D eigenvalue weighted by molar-refractivity contribution is 7.91. The van der Waals surface area contributed by atoms with E-state index in [0.717, 1.165) is 18.2 Å². The lowest BCUT2D eigenvalue weighted by Gasteiger charge is -2.20. The summed E-state index contributed by atoms with van der Waals surface area (Å²) in [6.45, 7) is 1.44. The van der Waals surface area contributed by atoms with Crippen molar-refractivity contribution >= 4 is 9.84 Å². The normalized spacial score (nSPS) is 14.0. The molecule has 0 radical (unpaired) electrons. The average molecular weight is 351 g/mol. The smallest absolute Gasteiger partial charge is 0.178 e. The summed E-state index contributed by atoms with van der Waals surface area (Å²) in [7, 11) is -3.75. The third kappa shape index (κ3) is 3.96. The Morgan fingerprint density at radius 2 is 1.79 bits per heavy atom. The summed E-state index contributed by atoms with van der Waals surface area (Å²) in [4.78, 5) is 0.000245. The van der Waals surface area contributed by atoms with Crippen LogP contribution < -0.4 is 0 Å². The predicted molar refractivity (Wildman–Crippen MR) is 83.7 cm³/mol. The van der Waals surface area contributed by atoms with Gasteiger partial charge < -0.3 is 5.11 Å². The molecule has 0 heterocycles. The van der Waals surface area contributed by atoms with Gasteiger partial charge in [-0.1, -0.05) is 6.92 Å². The summed E-state index contributed by atoms with van der Waals surface area (Å²) in [5, 5.41) is 18.9. The van der Waals surface area contributed by atoms with Crippen LogP contribution in [0.15, 0.2) is 47.4 Å². The second-order valence-electron chi connectivity index (χ2n) is 5.51. The molecule has 2 rings (SSSR count). The van der Waals surface area contributed by atoms with Crippen LogP contribution in [0.25, 0.3) is 0 Å². The quantitative estimate of drug-likeness (QED) is 0.898. The molecule has 1 N–H and O–H groups in total. The third-order valence-corrected chi connectivity index (χ3v) is 5.60. The Morgan fingerprint density at radius 3 is 2.38 bits per heavy atom. The zero-order valence-electron chi connectivity index (χ0n) is 12.8. The molecule has 0 aliphatic carbocycles. The van der Waals surface area contributed by atoms with Crippen molar-refractivity contribution in [1.29, 1.82) is 5.26 Å². The molecule has 0 aromatic heterocycles. The van der Waals surface area contributed by atoms with Crippen molar-refractivity contribution in [3.63, 3.8) is 0 Å². The zero-order chi connectivity index (χ0) is 17.9. The fourth-order valence-corrected chi connectivity index (χ4v) is 3.94. The summed E-state index contributed by atoms with van der Waals surface area (Å²) in [5.41, 5.74) is 0.0430. The molecule has 2 aromatic rings. The zero-order valence-corrected chi connectivity index (χ0v) is 13.6. The molecular weight excluding hydrogens is 336 g/mol. The Kier molecular flexibility index (Phi) is 5.32. The fourth-order valence-electron chi connectivity index (χ4n) is 2.32. The minimum absolute atomic E-state index is 0.000245. The summed E-state index contributed by atoms with van der Waals surface area (Å²) in [6, 6.07) is 9.90. The van der Waals surface area contributed by atoms with E-state index in [0.29, 0.717) is 5.56 Å². The number of hydrogen-bond donors (Lipinski definition) is 1. The van der Waals surface area contributed by atoms with Crippen LogP contribution >= 0.6 is 0 Å². The van der Waals surface area contributed by atoms with Crippen LogP contribution in [0.2, 0.25) is 0 Å². The van der Waals surface area contributed by atoms with Crippen molar-refractivity contribution in [1.82, 2.24) is 0 Å². The Labute approximate surface area is 138 Å². The standard InChI is InChI=1S/C17H15F2NO3S/c1-11(17(21)15-8-13(18)4-7-16(15)19)10-24(22,23)14-5-2-12(9-20)3-6-14/h2-8,11,17,21H,10H2,1H3. The van der Waals surface area contributed by atoms with Crippen LogP contribution in [0, 0.1) is 28.9 Å². The number of hydrogen-bond acceptors (Lipinski definition) is 4. The van der Waals surface area contributed by atoms with E-state index in [1.54, 1.807) is 0 Å². The number of sulfone groups is 1. The molecule has 0 amide bonds. The number of halogens is 2. The van der Waals surface area contributed by atoms with Crippen molar-refractivity contribution in [3.8, 4) is 6.07 Å². The van der Waals surface area contributed by atoms with Crippen molar-refractivity contribution in [2.75, 3.05) is 5.75 Å². The van der Waals surface area contributed by atoms with Crippen molar-refractivity contribution < 1.29 is 22.3 Å². The Bertz CT molecular complexity index is 874. The average Bonchev–Trinajstić information content (AvgIpc) is 2.56. The second-order valence-corrected chi connectivity index (χ2v) is 7.54. The first kappa shape index (κ1) is 18.0. The molecule has 2 atom stereocenters. The predicted octanol–water partition coefficient (Wildman–Crippen LogP) is 2.98. The minimum Gasteiger partial charge on any atom is -0.388 e. The van der Waals surface area contributed by atoms with Crippen LogP contribution in [0.4, 0.5) is 8.78 Å². The van der Waals surface area contributed by atoms with Gasteiger partial charge in [-0.2, -0.15) is 5.26 Å². The van der Waals surface area contributed by atoms with E-state index < -0.39 is 39.2 Å². The first-order valence-electron chi connectivity index (χ1n) is 7.10. The van der Waals surface area contributed by atoms with Crippen LogP contribution in [-0.4, -0.2) is 19.3 Å².